The number of nitrogens with zero attached hydrogens (tertiary/aromatic N) is 2. The molecule has 1 amide bonds. The van der Waals surface area contributed by atoms with Crippen LogP contribution in [0.4, 0.5) is 5.69 Å². The van der Waals surface area contributed by atoms with Crippen LogP contribution in [0.5, 0.6) is 0 Å². The lowest BCUT2D eigenvalue weighted by atomic mass is 10.0. The van der Waals surface area contributed by atoms with Crippen LogP contribution >= 0.6 is 11.8 Å². The molecule has 3 rings (SSSR count). The molecule has 0 fully saturated rings. The fourth-order valence-corrected chi connectivity index (χ4v) is 5.29. The smallest absolute Gasteiger partial charge is 0.264 e. The predicted molar refractivity (Wildman–Crippen MR) is 134 cm³/mol. The number of sulfonamides is 1. The maximum absolute atomic E-state index is 13.4. The van der Waals surface area contributed by atoms with E-state index >= 15 is 0 Å². The number of aromatic nitrogens is 1. The molecule has 0 bridgehead atoms. The summed E-state index contributed by atoms with van der Waals surface area (Å²) in [6.07, 6.45) is 1.72. The van der Waals surface area contributed by atoms with E-state index in [9.17, 15) is 13.2 Å². The molecule has 3 aromatic rings. The van der Waals surface area contributed by atoms with Gasteiger partial charge in [0.15, 0.2) is 0 Å². The Kier molecular flexibility index (Phi) is 8.52. The van der Waals surface area contributed by atoms with Crippen molar-refractivity contribution in [2.24, 2.45) is 0 Å². The molecule has 0 spiro atoms. The van der Waals surface area contributed by atoms with Crippen molar-refractivity contribution in [1.29, 1.82) is 0 Å². The summed E-state index contributed by atoms with van der Waals surface area (Å²) in [4.78, 5) is 17.1. The lowest BCUT2D eigenvalue weighted by Crippen LogP contribution is -2.41. The second-order valence-electron chi connectivity index (χ2n) is 7.94. The zero-order valence-corrected chi connectivity index (χ0v) is 20.7. The lowest BCUT2D eigenvalue weighted by Gasteiger charge is -2.24. The molecule has 8 heteroatoms. The van der Waals surface area contributed by atoms with Crippen LogP contribution in [0, 0.1) is 6.92 Å². The third kappa shape index (κ3) is 6.82. The molecule has 0 unspecified atom stereocenters. The van der Waals surface area contributed by atoms with Gasteiger partial charge in [0.2, 0.25) is 5.91 Å². The van der Waals surface area contributed by atoms with Crippen LogP contribution in [-0.4, -0.2) is 38.2 Å². The highest BCUT2D eigenvalue weighted by Gasteiger charge is 2.27. The van der Waals surface area contributed by atoms with Gasteiger partial charge in [0.1, 0.15) is 6.54 Å². The Morgan fingerprint density at radius 3 is 2.33 bits per heavy atom. The van der Waals surface area contributed by atoms with E-state index in [1.807, 2.05) is 37.3 Å². The largest absolute Gasteiger partial charge is 0.354 e. The third-order valence-electron chi connectivity index (χ3n) is 5.06. The number of rotatable bonds is 10. The Hall–Kier alpha value is -2.84. The molecule has 0 aliphatic carbocycles. The van der Waals surface area contributed by atoms with Gasteiger partial charge in [-0.3, -0.25) is 9.10 Å². The van der Waals surface area contributed by atoms with Crippen LogP contribution in [0.15, 0.2) is 82.8 Å². The molecule has 0 aliphatic rings. The summed E-state index contributed by atoms with van der Waals surface area (Å²) < 4.78 is 28.1. The number of carbonyl (C=O) groups is 1. The monoisotopic (exact) mass is 483 g/mol. The van der Waals surface area contributed by atoms with Crippen molar-refractivity contribution in [3.05, 3.63) is 84.1 Å². The number of nitrogens with one attached hydrogen (secondary N) is 1. The molecular formula is C25H29N3O3S2. The summed E-state index contributed by atoms with van der Waals surface area (Å²) in [5.41, 5.74) is 2.52. The molecule has 0 radical (unpaired) electrons. The molecule has 0 atom stereocenters. The van der Waals surface area contributed by atoms with E-state index in [4.69, 9.17) is 0 Å². The van der Waals surface area contributed by atoms with Gasteiger partial charge in [-0.25, -0.2) is 13.4 Å². The predicted octanol–water partition coefficient (Wildman–Crippen LogP) is 4.62. The molecular weight excluding hydrogens is 454 g/mol. The lowest BCUT2D eigenvalue weighted by molar-refractivity contribution is -0.119. The highest BCUT2D eigenvalue weighted by molar-refractivity contribution is 7.99. The Morgan fingerprint density at radius 1 is 1.03 bits per heavy atom. The number of pyridine rings is 1. The molecule has 6 nitrogen and oxygen atoms in total. The van der Waals surface area contributed by atoms with Crippen molar-refractivity contribution in [2.45, 2.75) is 36.6 Å². The van der Waals surface area contributed by atoms with E-state index in [-0.39, 0.29) is 17.3 Å². The summed E-state index contributed by atoms with van der Waals surface area (Å²) in [5, 5.41) is 3.70. The summed E-state index contributed by atoms with van der Waals surface area (Å²) in [5.74, 6) is 0.595. The first-order valence-corrected chi connectivity index (χ1v) is 13.2. The van der Waals surface area contributed by atoms with Gasteiger partial charge in [-0.1, -0.05) is 49.7 Å². The van der Waals surface area contributed by atoms with Crippen LogP contribution in [-0.2, 0) is 14.8 Å². The maximum Gasteiger partial charge on any atom is 0.264 e. The molecule has 1 N–H and O–H groups in total. The molecule has 1 heterocycles. The first-order valence-electron chi connectivity index (χ1n) is 10.8. The van der Waals surface area contributed by atoms with Gasteiger partial charge in [0.05, 0.1) is 15.6 Å². The number of hydrogen-bond acceptors (Lipinski definition) is 5. The Balaban J connectivity index is 1.75. The van der Waals surface area contributed by atoms with E-state index in [0.29, 0.717) is 23.9 Å². The fraction of sp³-hybridized carbons (Fsp3) is 0.280. The number of aryl methyl sites for hydroxylation is 1. The van der Waals surface area contributed by atoms with Gasteiger partial charge in [-0.15, -0.1) is 11.8 Å². The van der Waals surface area contributed by atoms with E-state index in [0.717, 1.165) is 16.2 Å². The SMILES string of the molecule is Cc1ccc(S(=O)(=O)N(CC(=O)NCCSc2ccccn2)c2ccc(C(C)C)cc2)cc1. The molecule has 0 saturated heterocycles. The van der Waals surface area contributed by atoms with Crippen molar-refractivity contribution in [2.75, 3.05) is 23.1 Å². The highest BCUT2D eigenvalue weighted by Crippen LogP contribution is 2.26. The van der Waals surface area contributed by atoms with Crippen LogP contribution in [0.3, 0.4) is 0 Å². The molecule has 0 aliphatic heterocycles. The zero-order chi connectivity index (χ0) is 23.8. The summed E-state index contributed by atoms with van der Waals surface area (Å²) >= 11 is 1.53. The number of benzene rings is 2. The summed E-state index contributed by atoms with van der Waals surface area (Å²) in [7, 11) is -3.92. The normalized spacial score (nSPS) is 11.4. The van der Waals surface area contributed by atoms with Crippen LogP contribution in [0.2, 0.25) is 0 Å². The van der Waals surface area contributed by atoms with Gasteiger partial charge in [-0.2, -0.15) is 0 Å². The van der Waals surface area contributed by atoms with Crippen LogP contribution in [0.1, 0.15) is 30.9 Å². The first-order chi connectivity index (χ1) is 15.8. The molecule has 33 heavy (non-hydrogen) atoms. The third-order valence-corrected chi connectivity index (χ3v) is 7.79. The minimum atomic E-state index is -3.92. The van der Waals surface area contributed by atoms with Crippen molar-refractivity contribution in [3.8, 4) is 0 Å². The molecule has 0 saturated carbocycles. The van der Waals surface area contributed by atoms with E-state index in [1.165, 1.54) is 16.1 Å². The topological polar surface area (TPSA) is 79.4 Å². The standard InChI is InChI=1S/C25H29N3O3S2/c1-19(2)21-9-11-22(12-10-21)28(33(30,31)23-13-7-20(3)8-14-23)18-24(29)26-16-17-32-25-6-4-5-15-27-25/h4-15,19H,16-18H2,1-3H3,(H,26,29). The average Bonchev–Trinajstić information content (AvgIpc) is 2.81. The fourth-order valence-electron chi connectivity index (χ4n) is 3.14. The molecule has 174 valence electrons. The maximum atomic E-state index is 13.4. The zero-order valence-electron chi connectivity index (χ0n) is 19.1. The quantitative estimate of drug-likeness (QED) is 0.336. The Bertz CT molecular complexity index is 1150. The average molecular weight is 484 g/mol. The minimum absolute atomic E-state index is 0.152. The molecule has 1 aromatic heterocycles. The first kappa shape index (κ1) is 24.8. The highest BCUT2D eigenvalue weighted by atomic mass is 32.2. The second-order valence-corrected chi connectivity index (χ2v) is 10.9. The Morgan fingerprint density at radius 2 is 1.73 bits per heavy atom. The number of carbonyl (C=O) groups excluding carboxylic acids is 1. The molecule has 2 aromatic carbocycles. The van der Waals surface area contributed by atoms with Crippen molar-refractivity contribution >= 4 is 33.4 Å². The van der Waals surface area contributed by atoms with Gasteiger partial charge in [-0.05, 0) is 54.8 Å². The number of anilines is 1. The number of amides is 1. The Labute approximate surface area is 200 Å². The summed E-state index contributed by atoms with van der Waals surface area (Å²) in [6, 6.07) is 19.6. The van der Waals surface area contributed by atoms with Crippen LogP contribution in [0.25, 0.3) is 0 Å². The minimum Gasteiger partial charge on any atom is -0.354 e. The van der Waals surface area contributed by atoms with Crippen molar-refractivity contribution in [3.63, 3.8) is 0 Å². The number of hydrogen-bond donors (Lipinski definition) is 1. The van der Waals surface area contributed by atoms with Gasteiger partial charge in [0, 0.05) is 18.5 Å². The van der Waals surface area contributed by atoms with Gasteiger partial charge in [0.25, 0.3) is 10.0 Å². The van der Waals surface area contributed by atoms with E-state index in [1.54, 1.807) is 42.6 Å². The van der Waals surface area contributed by atoms with Gasteiger partial charge < -0.3 is 5.32 Å². The summed E-state index contributed by atoms with van der Waals surface area (Å²) in [6.45, 7) is 6.16. The van der Waals surface area contributed by atoms with Gasteiger partial charge >= 0.3 is 0 Å². The van der Waals surface area contributed by atoms with Crippen LogP contribution < -0.4 is 9.62 Å². The van der Waals surface area contributed by atoms with Crippen molar-refractivity contribution in [1.82, 2.24) is 10.3 Å². The number of thioether (sulfide) groups is 1. The van der Waals surface area contributed by atoms with Crippen molar-refractivity contribution < 1.29 is 13.2 Å². The van der Waals surface area contributed by atoms with E-state index in [2.05, 4.69) is 24.1 Å². The van der Waals surface area contributed by atoms with E-state index < -0.39 is 10.0 Å². The second kappa shape index (κ2) is 11.3.